The molecule has 0 saturated carbocycles. The Kier molecular flexibility index (Phi) is 8.52. The maximum atomic E-state index is 12.8. The lowest BCUT2D eigenvalue weighted by molar-refractivity contribution is 0.0264. The molecule has 0 spiro atoms. The SMILES string of the molecule is CCOC1CCN(C(=NC)NCCCCOc2ccc(F)cc2)CC1. The van der Waals surface area contributed by atoms with Crippen molar-refractivity contribution in [2.75, 3.05) is 39.9 Å². The Morgan fingerprint density at radius 3 is 2.60 bits per heavy atom. The lowest BCUT2D eigenvalue weighted by Crippen LogP contribution is -2.47. The van der Waals surface area contributed by atoms with E-state index >= 15 is 0 Å². The smallest absolute Gasteiger partial charge is 0.193 e. The van der Waals surface area contributed by atoms with Crippen molar-refractivity contribution in [3.63, 3.8) is 0 Å². The fraction of sp³-hybridized carbons (Fsp3) is 0.632. The lowest BCUT2D eigenvalue weighted by Gasteiger charge is -2.34. The van der Waals surface area contributed by atoms with Crippen LogP contribution < -0.4 is 10.1 Å². The van der Waals surface area contributed by atoms with E-state index in [1.807, 2.05) is 14.0 Å². The van der Waals surface area contributed by atoms with E-state index in [4.69, 9.17) is 9.47 Å². The molecule has 0 aromatic heterocycles. The van der Waals surface area contributed by atoms with Gasteiger partial charge < -0.3 is 19.7 Å². The van der Waals surface area contributed by atoms with Crippen LogP contribution in [0.5, 0.6) is 5.75 Å². The fourth-order valence-corrected chi connectivity index (χ4v) is 2.95. The number of likely N-dealkylation sites (tertiary alicyclic amines) is 1. The summed E-state index contributed by atoms with van der Waals surface area (Å²) in [5.74, 6) is 1.44. The first-order valence-corrected chi connectivity index (χ1v) is 9.18. The molecule has 25 heavy (non-hydrogen) atoms. The molecule has 6 heteroatoms. The molecule has 0 radical (unpaired) electrons. The van der Waals surface area contributed by atoms with Crippen molar-refractivity contribution in [1.82, 2.24) is 10.2 Å². The first-order chi connectivity index (χ1) is 12.2. The van der Waals surface area contributed by atoms with Crippen LogP contribution in [0, 0.1) is 5.82 Å². The van der Waals surface area contributed by atoms with Gasteiger partial charge in [0.05, 0.1) is 12.7 Å². The third kappa shape index (κ3) is 6.90. The van der Waals surface area contributed by atoms with Crippen LogP contribution in [-0.2, 0) is 4.74 Å². The first kappa shape index (κ1) is 19.5. The molecule has 1 N–H and O–H groups in total. The van der Waals surface area contributed by atoms with Crippen molar-refractivity contribution in [2.45, 2.75) is 38.7 Å². The standard InChI is InChI=1S/C19H30FN3O2/c1-3-24-18-10-13-23(14-11-18)19(21-2)22-12-4-5-15-25-17-8-6-16(20)7-9-17/h6-9,18H,3-5,10-15H2,1-2H3,(H,21,22). The highest BCUT2D eigenvalue weighted by molar-refractivity contribution is 5.79. The van der Waals surface area contributed by atoms with Crippen LogP contribution in [0.3, 0.4) is 0 Å². The van der Waals surface area contributed by atoms with Crippen molar-refractivity contribution < 1.29 is 13.9 Å². The molecule has 1 aromatic carbocycles. The summed E-state index contributed by atoms with van der Waals surface area (Å²) >= 11 is 0. The molecule has 1 heterocycles. The summed E-state index contributed by atoms with van der Waals surface area (Å²) in [6.07, 6.45) is 4.44. The number of hydrogen-bond donors (Lipinski definition) is 1. The van der Waals surface area contributed by atoms with Crippen LogP contribution in [0.4, 0.5) is 4.39 Å². The predicted octanol–water partition coefficient (Wildman–Crippen LogP) is 3.06. The number of halogens is 1. The normalized spacial score (nSPS) is 16.1. The molecule has 1 aliphatic rings. The fourth-order valence-electron chi connectivity index (χ4n) is 2.95. The molecule has 1 aliphatic heterocycles. The Morgan fingerprint density at radius 1 is 1.24 bits per heavy atom. The van der Waals surface area contributed by atoms with Gasteiger partial charge in [0.2, 0.25) is 0 Å². The van der Waals surface area contributed by atoms with Crippen LogP contribution in [0.15, 0.2) is 29.3 Å². The Morgan fingerprint density at radius 2 is 1.96 bits per heavy atom. The summed E-state index contributed by atoms with van der Waals surface area (Å²) in [6, 6.07) is 6.13. The number of guanidine groups is 1. The number of hydrogen-bond acceptors (Lipinski definition) is 3. The average Bonchev–Trinajstić information content (AvgIpc) is 2.64. The van der Waals surface area contributed by atoms with Crippen molar-refractivity contribution >= 4 is 5.96 Å². The number of aliphatic imine (C=N–C) groups is 1. The van der Waals surface area contributed by atoms with Gasteiger partial charge in [-0.05, 0) is 56.9 Å². The maximum Gasteiger partial charge on any atom is 0.193 e. The Balaban J connectivity index is 1.58. The number of piperidine rings is 1. The van der Waals surface area contributed by atoms with E-state index in [0.29, 0.717) is 18.5 Å². The third-order valence-electron chi connectivity index (χ3n) is 4.29. The molecule has 5 nitrogen and oxygen atoms in total. The van der Waals surface area contributed by atoms with E-state index in [-0.39, 0.29) is 5.82 Å². The van der Waals surface area contributed by atoms with Gasteiger partial charge in [0.25, 0.3) is 0 Å². The van der Waals surface area contributed by atoms with Crippen molar-refractivity contribution in [3.05, 3.63) is 30.1 Å². The van der Waals surface area contributed by atoms with E-state index in [9.17, 15) is 4.39 Å². The summed E-state index contributed by atoms with van der Waals surface area (Å²) in [5.41, 5.74) is 0. The second-order valence-electron chi connectivity index (χ2n) is 6.13. The summed E-state index contributed by atoms with van der Waals surface area (Å²) < 4.78 is 24.1. The van der Waals surface area contributed by atoms with E-state index in [1.165, 1.54) is 12.1 Å². The van der Waals surface area contributed by atoms with Crippen LogP contribution >= 0.6 is 0 Å². The Labute approximate surface area is 150 Å². The topological polar surface area (TPSA) is 46.1 Å². The van der Waals surface area contributed by atoms with Crippen LogP contribution in [-0.4, -0.2) is 56.9 Å². The van der Waals surface area contributed by atoms with Crippen LogP contribution in [0.2, 0.25) is 0 Å². The Bertz CT molecular complexity index is 514. The van der Waals surface area contributed by atoms with E-state index in [2.05, 4.69) is 15.2 Å². The largest absolute Gasteiger partial charge is 0.494 e. The number of nitrogens with one attached hydrogen (secondary N) is 1. The molecule has 1 saturated heterocycles. The molecule has 0 aliphatic carbocycles. The number of nitrogens with zero attached hydrogens (tertiary/aromatic N) is 2. The van der Waals surface area contributed by atoms with E-state index in [1.54, 1.807) is 12.1 Å². The zero-order valence-corrected chi connectivity index (χ0v) is 15.3. The second-order valence-corrected chi connectivity index (χ2v) is 6.13. The van der Waals surface area contributed by atoms with Crippen LogP contribution in [0.25, 0.3) is 0 Å². The first-order valence-electron chi connectivity index (χ1n) is 9.18. The highest BCUT2D eigenvalue weighted by Crippen LogP contribution is 2.14. The molecular formula is C19H30FN3O2. The van der Waals surface area contributed by atoms with Gasteiger partial charge in [0.1, 0.15) is 11.6 Å². The monoisotopic (exact) mass is 351 g/mol. The number of unbranched alkanes of at least 4 members (excludes halogenated alkanes) is 1. The predicted molar refractivity (Wildman–Crippen MR) is 98.7 cm³/mol. The molecular weight excluding hydrogens is 321 g/mol. The molecule has 140 valence electrons. The number of rotatable bonds is 8. The summed E-state index contributed by atoms with van der Waals surface area (Å²) in [5, 5.41) is 3.42. The third-order valence-corrected chi connectivity index (χ3v) is 4.29. The van der Waals surface area contributed by atoms with Gasteiger partial charge in [0, 0.05) is 33.3 Å². The minimum atomic E-state index is -0.242. The van der Waals surface area contributed by atoms with Crippen molar-refractivity contribution in [3.8, 4) is 5.75 Å². The van der Waals surface area contributed by atoms with Gasteiger partial charge in [0.15, 0.2) is 5.96 Å². The van der Waals surface area contributed by atoms with Crippen molar-refractivity contribution in [1.29, 1.82) is 0 Å². The van der Waals surface area contributed by atoms with E-state index < -0.39 is 0 Å². The average molecular weight is 351 g/mol. The molecule has 0 atom stereocenters. The van der Waals surface area contributed by atoms with Crippen molar-refractivity contribution in [2.24, 2.45) is 4.99 Å². The quantitative estimate of drug-likeness (QED) is 0.444. The Hall–Kier alpha value is -1.82. The lowest BCUT2D eigenvalue weighted by atomic mass is 10.1. The van der Waals surface area contributed by atoms with Gasteiger partial charge >= 0.3 is 0 Å². The molecule has 1 fully saturated rings. The number of ether oxygens (including phenoxy) is 2. The molecule has 2 rings (SSSR count). The van der Waals surface area contributed by atoms with Gasteiger partial charge in [-0.3, -0.25) is 4.99 Å². The van der Waals surface area contributed by atoms with Gasteiger partial charge in [-0.2, -0.15) is 0 Å². The molecule has 0 amide bonds. The second kappa shape index (κ2) is 10.9. The zero-order valence-electron chi connectivity index (χ0n) is 15.3. The minimum Gasteiger partial charge on any atom is -0.494 e. The van der Waals surface area contributed by atoms with Crippen LogP contribution in [0.1, 0.15) is 32.6 Å². The minimum absolute atomic E-state index is 0.242. The highest BCUT2D eigenvalue weighted by Gasteiger charge is 2.21. The molecule has 0 bridgehead atoms. The van der Waals surface area contributed by atoms with Gasteiger partial charge in [-0.1, -0.05) is 0 Å². The number of benzene rings is 1. The molecule has 1 aromatic rings. The summed E-state index contributed by atoms with van der Waals surface area (Å²) in [4.78, 5) is 6.68. The maximum absolute atomic E-state index is 12.8. The van der Waals surface area contributed by atoms with Gasteiger partial charge in [-0.25, -0.2) is 4.39 Å². The summed E-state index contributed by atoms with van der Waals surface area (Å²) in [7, 11) is 1.83. The van der Waals surface area contributed by atoms with E-state index in [0.717, 1.165) is 57.9 Å². The highest BCUT2D eigenvalue weighted by atomic mass is 19.1. The van der Waals surface area contributed by atoms with Gasteiger partial charge in [-0.15, -0.1) is 0 Å². The molecule has 0 unspecified atom stereocenters. The summed E-state index contributed by atoms with van der Waals surface area (Å²) in [6.45, 7) is 6.30. The zero-order chi connectivity index (χ0) is 17.9.